The molecule has 0 aromatic heterocycles. The van der Waals surface area contributed by atoms with Crippen LogP contribution < -0.4 is 10.6 Å². The number of aliphatic hydroxyl groups excluding tert-OH is 1. The highest BCUT2D eigenvalue weighted by molar-refractivity contribution is 5.76. The number of hydrogen-bond acceptors (Lipinski definition) is 3. The Labute approximate surface area is 116 Å². The lowest BCUT2D eigenvalue weighted by molar-refractivity contribution is -0.123. The monoisotopic (exact) mass is 268 g/mol. The van der Waals surface area contributed by atoms with E-state index in [1.807, 2.05) is 0 Å². The van der Waals surface area contributed by atoms with E-state index >= 15 is 0 Å². The lowest BCUT2D eigenvalue weighted by atomic mass is 10.00. The van der Waals surface area contributed by atoms with Gasteiger partial charge in [-0.3, -0.25) is 4.79 Å². The van der Waals surface area contributed by atoms with Gasteiger partial charge in [0, 0.05) is 12.5 Å². The predicted octanol–water partition coefficient (Wildman–Crippen LogP) is 1.72. The Morgan fingerprint density at radius 3 is 2.68 bits per heavy atom. The van der Waals surface area contributed by atoms with Crippen LogP contribution >= 0.6 is 0 Å². The molecule has 0 aromatic carbocycles. The van der Waals surface area contributed by atoms with Gasteiger partial charge < -0.3 is 15.7 Å². The van der Waals surface area contributed by atoms with Gasteiger partial charge in [0.1, 0.15) is 0 Å². The Bertz CT molecular complexity index is 277. The lowest BCUT2D eigenvalue weighted by Crippen LogP contribution is -2.43. The van der Waals surface area contributed by atoms with Gasteiger partial charge in [-0.1, -0.05) is 25.7 Å². The van der Waals surface area contributed by atoms with E-state index in [0.29, 0.717) is 12.5 Å². The zero-order chi connectivity index (χ0) is 13.5. The van der Waals surface area contributed by atoms with Crippen molar-refractivity contribution in [1.82, 2.24) is 10.6 Å². The Hall–Kier alpha value is -0.610. The summed E-state index contributed by atoms with van der Waals surface area (Å²) in [6, 6.07) is 0.493. The number of piperidine rings is 1. The molecule has 1 saturated heterocycles. The molecule has 2 rings (SSSR count). The SMILES string of the molecule is O=C(CCC1CCCCN1)NC1CCCCCC1O. The average Bonchev–Trinajstić information content (AvgIpc) is 2.63. The van der Waals surface area contributed by atoms with Gasteiger partial charge >= 0.3 is 0 Å². The third kappa shape index (κ3) is 5.11. The fourth-order valence-electron chi connectivity index (χ4n) is 3.21. The van der Waals surface area contributed by atoms with E-state index in [-0.39, 0.29) is 18.1 Å². The second-order valence-electron chi connectivity index (χ2n) is 6.06. The molecule has 1 saturated carbocycles. The van der Waals surface area contributed by atoms with Gasteiger partial charge in [0.15, 0.2) is 0 Å². The quantitative estimate of drug-likeness (QED) is 0.680. The van der Waals surface area contributed by atoms with Crippen LogP contribution in [0.25, 0.3) is 0 Å². The molecule has 4 heteroatoms. The van der Waals surface area contributed by atoms with Gasteiger partial charge in [-0.05, 0) is 38.6 Å². The van der Waals surface area contributed by atoms with Crippen molar-refractivity contribution in [1.29, 1.82) is 0 Å². The normalized spacial score (nSPS) is 32.6. The number of amides is 1. The summed E-state index contributed by atoms with van der Waals surface area (Å²) in [6.45, 7) is 1.09. The van der Waals surface area contributed by atoms with Crippen molar-refractivity contribution in [2.45, 2.75) is 82.4 Å². The van der Waals surface area contributed by atoms with Crippen LogP contribution in [0.5, 0.6) is 0 Å². The molecule has 110 valence electrons. The molecular formula is C15H28N2O2. The van der Waals surface area contributed by atoms with Crippen LogP contribution in [0, 0.1) is 0 Å². The highest BCUT2D eigenvalue weighted by atomic mass is 16.3. The zero-order valence-electron chi connectivity index (χ0n) is 11.9. The molecule has 1 aliphatic heterocycles. The molecule has 3 atom stereocenters. The minimum absolute atomic E-state index is 0.0192. The average molecular weight is 268 g/mol. The molecule has 0 radical (unpaired) electrons. The first-order chi connectivity index (χ1) is 9.25. The van der Waals surface area contributed by atoms with Crippen molar-refractivity contribution < 1.29 is 9.90 Å². The molecule has 0 spiro atoms. The maximum absolute atomic E-state index is 12.0. The smallest absolute Gasteiger partial charge is 0.220 e. The van der Waals surface area contributed by atoms with E-state index in [9.17, 15) is 9.90 Å². The lowest BCUT2D eigenvalue weighted by Gasteiger charge is -2.25. The summed E-state index contributed by atoms with van der Waals surface area (Å²) in [6.07, 6.45) is 10.0. The third-order valence-electron chi connectivity index (χ3n) is 4.46. The molecule has 2 aliphatic rings. The summed E-state index contributed by atoms with van der Waals surface area (Å²) in [4.78, 5) is 12.0. The van der Waals surface area contributed by atoms with E-state index in [2.05, 4.69) is 10.6 Å². The van der Waals surface area contributed by atoms with Gasteiger partial charge in [0.2, 0.25) is 5.91 Å². The minimum Gasteiger partial charge on any atom is -0.391 e. The maximum atomic E-state index is 12.0. The van der Waals surface area contributed by atoms with E-state index in [0.717, 1.165) is 38.6 Å². The van der Waals surface area contributed by atoms with Crippen molar-refractivity contribution >= 4 is 5.91 Å². The largest absolute Gasteiger partial charge is 0.391 e. The fourth-order valence-corrected chi connectivity index (χ4v) is 3.21. The predicted molar refractivity (Wildman–Crippen MR) is 75.9 cm³/mol. The van der Waals surface area contributed by atoms with Gasteiger partial charge in [0.25, 0.3) is 0 Å². The summed E-state index contributed by atoms with van der Waals surface area (Å²) in [5, 5.41) is 16.5. The molecular weight excluding hydrogens is 240 g/mol. The molecule has 4 nitrogen and oxygen atoms in total. The molecule has 3 unspecified atom stereocenters. The van der Waals surface area contributed by atoms with E-state index in [1.54, 1.807) is 0 Å². The van der Waals surface area contributed by atoms with Gasteiger partial charge in [0.05, 0.1) is 12.1 Å². The zero-order valence-corrected chi connectivity index (χ0v) is 11.9. The van der Waals surface area contributed by atoms with Crippen molar-refractivity contribution in [3.05, 3.63) is 0 Å². The van der Waals surface area contributed by atoms with Crippen molar-refractivity contribution in [3.63, 3.8) is 0 Å². The van der Waals surface area contributed by atoms with Crippen LogP contribution in [0.3, 0.4) is 0 Å². The number of hydrogen-bond donors (Lipinski definition) is 3. The van der Waals surface area contributed by atoms with Crippen LogP contribution in [0.1, 0.15) is 64.2 Å². The van der Waals surface area contributed by atoms with Crippen LogP contribution in [-0.4, -0.2) is 35.7 Å². The molecule has 1 aliphatic carbocycles. The number of carbonyl (C=O) groups is 1. The van der Waals surface area contributed by atoms with Crippen LogP contribution in [-0.2, 0) is 4.79 Å². The second-order valence-corrected chi connectivity index (χ2v) is 6.06. The van der Waals surface area contributed by atoms with Crippen molar-refractivity contribution in [2.24, 2.45) is 0 Å². The summed E-state index contributed by atoms with van der Waals surface area (Å²) in [5.41, 5.74) is 0. The molecule has 0 bridgehead atoms. The summed E-state index contributed by atoms with van der Waals surface area (Å²) >= 11 is 0. The van der Waals surface area contributed by atoms with Gasteiger partial charge in [-0.25, -0.2) is 0 Å². The standard InChI is InChI=1S/C15H28N2O2/c18-14-8-3-1-2-7-13(14)17-15(19)10-9-12-6-4-5-11-16-12/h12-14,16,18H,1-11H2,(H,17,19). The van der Waals surface area contributed by atoms with E-state index < -0.39 is 0 Å². The Kier molecular flexibility index (Phi) is 6.11. The van der Waals surface area contributed by atoms with Crippen molar-refractivity contribution in [3.8, 4) is 0 Å². The van der Waals surface area contributed by atoms with Gasteiger partial charge in [-0.15, -0.1) is 0 Å². The number of nitrogens with one attached hydrogen (secondary N) is 2. The molecule has 1 heterocycles. The maximum Gasteiger partial charge on any atom is 0.220 e. The highest BCUT2D eigenvalue weighted by Crippen LogP contribution is 2.18. The fraction of sp³-hybridized carbons (Fsp3) is 0.933. The topological polar surface area (TPSA) is 61.4 Å². The summed E-state index contributed by atoms with van der Waals surface area (Å²) in [5.74, 6) is 0.110. The molecule has 2 fully saturated rings. The van der Waals surface area contributed by atoms with Gasteiger partial charge in [-0.2, -0.15) is 0 Å². The summed E-state index contributed by atoms with van der Waals surface area (Å²) < 4.78 is 0. The molecule has 3 N–H and O–H groups in total. The number of carbonyl (C=O) groups excluding carboxylic acids is 1. The first-order valence-electron chi connectivity index (χ1n) is 7.96. The second kappa shape index (κ2) is 7.85. The Morgan fingerprint density at radius 2 is 1.89 bits per heavy atom. The Balaban J connectivity index is 1.67. The minimum atomic E-state index is -0.348. The first kappa shape index (κ1) is 14.8. The van der Waals surface area contributed by atoms with Crippen LogP contribution in [0.4, 0.5) is 0 Å². The number of rotatable bonds is 4. The molecule has 0 aromatic rings. The highest BCUT2D eigenvalue weighted by Gasteiger charge is 2.23. The first-order valence-corrected chi connectivity index (χ1v) is 7.96. The van der Waals surface area contributed by atoms with Crippen molar-refractivity contribution in [2.75, 3.05) is 6.54 Å². The third-order valence-corrected chi connectivity index (χ3v) is 4.46. The van der Waals surface area contributed by atoms with E-state index in [1.165, 1.54) is 25.7 Å². The van der Waals surface area contributed by atoms with Crippen LogP contribution in [0.2, 0.25) is 0 Å². The molecule has 1 amide bonds. The molecule has 19 heavy (non-hydrogen) atoms. The van der Waals surface area contributed by atoms with Crippen LogP contribution in [0.15, 0.2) is 0 Å². The Morgan fingerprint density at radius 1 is 1.11 bits per heavy atom. The van der Waals surface area contributed by atoms with E-state index in [4.69, 9.17) is 0 Å². The number of aliphatic hydroxyl groups is 1. The summed E-state index contributed by atoms with van der Waals surface area (Å²) in [7, 11) is 0.